The monoisotopic (exact) mass is 288 g/mol. The molecule has 0 bridgehead atoms. The Morgan fingerprint density at radius 1 is 1.24 bits per heavy atom. The summed E-state index contributed by atoms with van der Waals surface area (Å²) in [5, 5.41) is 9.28. The van der Waals surface area contributed by atoms with E-state index in [1.165, 1.54) is 4.90 Å². The van der Waals surface area contributed by atoms with Crippen LogP contribution in [0.4, 0.5) is 10.5 Å². The number of hydrogen-bond acceptors (Lipinski definition) is 2. The molecule has 2 aliphatic heterocycles. The van der Waals surface area contributed by atoms with Crippen LogP contribution in [0.5, 0.6) is 0 Å². The molecule has 1 aromatic rings. The van der Waals surface area contributed by atoms with Gasteiger partial charge in [0, 0.05) is 18.3 Å². The Morgan fingerprint density at radius 3 is 2.76 bits per heavy atom. The molecule has 0 aromatic heterocycles. The molecule has 3 rings (SSSR count). The number of carbonyl (C=O) groups excluding carboxylic acids is 1. The summed E-state index contributed by atoms with van der Waals surface area (Å²) in [5.74, 6) is -0.904. The highest BCUT2D eigenvalue weighted by molar-refractivity contribution is 5.96. The molecule has 112 valence electrons. The number of likely N-dealkylation sites (tertiary alicyclic amines) is 1. The highest BCUT2D eigenvalue weighted by Crippen LogP contribution is 2.32. The molecule has 2 atom stereocenters. The van der Waals surface area contributed by atoms with Crippen LogP contribution in [-0.2, 0) is 11.2 Å². The Kier molecular flexibility index (Phi) is 3.57. The summed E-state index contributed by atoms with van der Waals surface area (Å²) >= 11 is 0. The zero-order valence-corrected chi connectivity index (χ0v) is 12.2. The van der Waals surface area contributed by atoms with E-state index >= 15 is 0 Å². The molecule has 2 aliphatic rings. The fraction of sp³-hybridized carbons (Fsp3) is 0.500. The van der Waals surface area contributed by atoms with E-state index in [1.54, 1.807) is 4.90 Å². The number of fused-ring (bicyclic) bond motifs is 1. The summed E-state index contributed by atoms with van der Waals surface area (Å²) in [7, 11) is 0. The van der Waals surface area contributed by atoms with Gasteiger partial charge in [0.15, 0.2) is 0 Å². The molecule has 0 spiro atoms. The van der Waals surface area contributed by atoms with Gasteiger partial charge >= 0.3 is 12.0 Å². The van der Waals surface area contributed by atoms with Crippen molar-refractivity contribution in [2.24, 2.45) is 0 Å². The van der Waals surface area contributed by atoms with Crippen molar-refractivity contribution in [3.05, 3.63) is 29.8 Å². The molecule has 5 nitrogen and oxygen atoms in total. The molecular weight excluding hydrogens is 268 g/mol. The van der Waals surface area contributed by atoms with Gasteiger partial charge in [0.2, 0.25) is 0 Å². The van der Waals surface area contributed by atoms with Crippen LogP contribution in [0.15, 0.2) is 24.3 Å². The molecule has 0 aliphatic carbocycles. The highest BCUT2D eigenvalue weighted by Gasteiger charge is 2.39. The number of urea groups is 1. The molecular formula is C16H20N2O3. The molecule has 5 heteroatoms. The number of aryl methyl sites for hydroxylation is 1. The number of rotatable bonds is 1. The van der Waals surface area contributed by atoms with Crippen LogP contribution in [-0.4, -0.2) is 40.6 Å². The lowest BCUT2D eigenvalue weighted by atomic mass is 9.97. The van der Waals surface area contributed by atoms with Gasteiger partial charge in [0.25, 0.3) is 0 Å². The summed E-state index contributed by atoms with van der Waals surface area (Å²) in [6.07, 6.45) is 3.18. The number of benzene rings is 1. The molecule has 0 saturated carbocycles. The van der Waals surface area contributed by atoms with Gasteiger partial charge in [-0.25, -0.2) is 9.59 Å². The van der Waals surface area contributed by atoms with Gasteiger partial charge < -0.3 is 10.0 Å². The van der Waals surface area contributed by atoms with Crippen molar-refractivity contribution in [2.45, 2.75) is 44.7 Å². The third-order valence-electron chi connectivity index (χ3n) is 4.51. The Bertz CT molecular complexity index is 572. The second-order valence-corrected chi connectivity index (χ2v) is 5.86. The average molecular weight is 288 g/mol. The molecule has 1 unspecified atom stereocenters. The lowest BCUT2D eigenvalue weighted by Crippen LogP contribution is -2.52. The Hall–Kier alpha value is -2.04. The first-order valence-corrected chi connectivity index (χ1v) is 7.50. The fourth-order valence-electron chi connectivity index (χ4n) is 3.37. The summed E-state index contributed by atoms with van der Waals surface area (Å²) in [4.78, 5) is 27.5. The maximum atomic E-state index is 12.9. The molecule has 1 fully saturated rings. The van der Waals surface area contributed by atoms with Gasteiger partial charge in [-0.05, 0) is 44.2 Å². The van der Waals surface area contributed by atoms with Crippen molar-refractivity contribution in [3.8, 4) is 0 Å². The highest BCUT2D eigenvalue weighted by atomic mass is 16.4. The van der Waals surface area contributed by atoms with Gasteiger partial charge in [-0.2, -0.15) is 0 Å². The van der Waals surface area contributed by atoms with Gasteiger partial charge in [-0.15, -0.1) is 0 Å². The van der Waals surface area contributed by atoms with E-state index in [0.717, 1.165) is 30.5 Å². The normalized spacial score (nSPS) is 24.8. The number of aliphatic carboxylic acids is 1. The Labute approximate surface area is 124 Å². The Balaban J connectivity index is 1.92. The van der Waals surface area contributed by atoms with Crippen molar-refractivity contribution in [1.82, 2.24) is 4.90 Å². The minimum absolute atomic E-state index is 0.0995. The van der Waals surface area contributed by atoms with E-state index in [1.807, 2.05) is 31.2 Å². The van der Waals surface area contributed by atoms with Crippen molar-refractivity contribution in [3.63, 3.8) is 0 Å². The zero-order valence-electron chi connectivity index (χ0n) is 12.2. The number of carbonyl (C=O) groups is 2. The van der Waals surface area contributed by atoms with Gasteiger partial charge in [-0.3, -0.25) is 4.90 Å². The second kappa shape index (κ2) is 5.39. The van der Waals surface area contributed by atoms with E-state index in [2.05, 4.69) is 0 Å². The van der Waals surface area contributed by atoms with Crippen LogP contribution in [0.1, 0.15) is 31.7 Å². The van der Waals surface area contributed by atoms with Gasteiger partial charge in [-0.1, -0.05) is 18.2 Å². The van der Waals surface area contributed by atoms with Crippen molar-refractivity contribution in [2.75, 3.05) is 11.4 Å². The number of para-hydroxylation sites is 1. The number of anilines is 1. The molecule has 1 saturated heterocycles. The molecule has 21 heavy (non-hydrogen) atoms. The lowest BCUT2D eigenvalue weighted by Gasteiger charge is -2.38. The summed E-state index contributed by atoms with van der Waals surface area (Å²) in [6, 6.07) is 7.15. The minimum Gasteiger partial charge on any atom is -0.480 e. The zero-order chi connectivity index (χ0) is 15.0. The van der Waals surface area contributed by atoms with Crippen molar-refractivity contribution in [1.29, 1.82) is 0 Å². The molecule has 1 N–H and O–H groups in total. The number of nitrogens with zero attached hydrogens (tertiary/aromatic N) is 2. The predicted molar refractivity (Wildman–Crippen MR) is 79.5 cm³/mol. The maximum absolute atomic E-state index is 12.9. The smallest absolute Gasteiger partial charge is 0.326 e. The van der Waals surface area contributed by atoms with Crippen LogP contribution in [0, 0.1) is 0 Å². The van der Waals surface area contributed by atoms with Crippen LogP contribution in [0.3, 0.4) is 0 Å². The average Bonchev–Trinajstić information content (AvgIpc) is 2.96. The fourth-order valence-corrected chi connectivity index (χ4v) is 3.37. The van der Waals surface area contributed by atoms with E-state index in [4.69, 9.17) is 0 Å². The van der Waals surface area contributed by atoms with Crippen LogP contribution >= 0.6 is 0 Å². The number of carboxylic acids is 1. The molecule has 1 aromatic carbocycles. The third kappa shape index (κ3) is 2.37. The predicted octanol–water partition coefficient (Wildman–Crippen LogP) is 2.50. The van der Waals surface area contributed by atoms with Crippen LogP contribution in [0.2, 0.25) is 0 Å². The van der Waals surface area contributed by atoms with E-state index in [0.29, 0.717) is 13.0 Å². The summed E-state index contributed by atoms with van der Waals surface area (Å²) in [5.41, 5.74) is 2.09. The first-order chi connectivity index (χ1) is 10.1. The topological polar surface area (TPSA) is 60.9 Å². The van der Waals surface area contributed by atoms with Gasteiger partial charge in [0.05, 0.1) is 0 Å². The number of amides is 2. The molecule has 2 heterocycles. The molecule has 2 amide bonds. The van der Waals surface area contributed by atoms with E-state index in [-0.39, 0.29) is 12.1 Å². The van der Waals surface area contributed by atoms with Gasteiger partial charge in [0.1, 0.15) is 6.04 Å². The first kappa shape index (κ1) is 13.9. The summed E-state index contributed by atoms with van der Waals surface area (Å²) in [6.45, 7) is 2.56. The van der Waals surface area contributed by atoms with E-state index in [9.17, 15) is 14.7 Å². The number of hydrogen-bond donors (Lipinski definition) is 1. The second-order valence-electron chi connectivity index (χ2n) is 5.86. The Morgan fingerprint density at radius 2 is 2.00 bits per heavy atom. The maximum Gasteiger partial charge on any atom is 0.326 e. The minimum atomic E-state index is -0.904. The quantitative estimate of drug-likeness (QED) is 0.863. The van der Waals surface area contributed by atoms with Crippen molar-refractivity contribution >= 4 is 17.7 Å². The largest absolute Gasteiger partial charge is 0.480 e. The summed E-state index contributed by atoms with van der Waals surface area (Å²) < 4.78 is 0. The standard InChI is InChI=1S/C16H20N2O3/c1-11-8-9-12-5-2-3-6-13(12)18(11)16(21)17-10-4-7-14(17)15(19)20/h2-3,5-6,11,14H,4,7-10H2,1H3,(H,19,20)/t11?,14-/m1/s1. The third-order valence-corrected chi connectivity index (χ3v) is 4.51. The SMILES string of the molecule is CC1CCc2ccccc2N1C(=O)N1CCC[C@@H]1C(=O)O. The first-order valence-electron chi connectivity index (χ1n) is 7.50. The van der Waals surface area contributed by atoms with E-state index < -0.39 is 12.0 Å². The van der Waals surface area contributed by atoms with Crippen LogP contribution < -0.4 is 4.90 Å². The van der Waals surface area contributed by atoms with Crippen LogP contribution in [0.25, 0.3) is 0 Å². The number of carboxylic acid groups (broad SMARTS) is 1. The van der Waals surface area contributed by atoms with Crippen molar-refractivity contribution < 1.29 is 14.7 Å². The lowest BCUT2D eigenvalue weighted by molar-refractivity contribution is -0.141. The molecule has 0 radical (unpaired) electrons.